The molecule has 2 heteroatoms. The molecule has 0 unspecified atom stereocenters. The average Bonchev–Trinajstić information content (AvgIpc) is 2.76. The first-order chi connectivity index (χ1) is 16.7. The van der Waals surface area contributed by atoms with Gasteiger partial charge in [-0.25, -0.2) is 0 Å². The van der Waals surface area contributed by atoms with Gasteiger partial charge in [-0.15, -0.1) is 0 Å². The van der Waals surface area contributed by atoms with Gasteiger partial charge in [0.2, 0.25) is 0 Å². The van der Waals surface area contributed by atoms with E-state index in [4.69, 9.17) is 23.3 Å². The Morgan fingerprint density at radius 3 is 1.90 bits per heavy atom. The largest absolute Gasteiger partial charge is 0.304 e. The number of rotatable bonds is 3. The Morgan fingerprint density at radius 2 is 1.45 bits per heavy atom. The molecule has 0 saturated carbocycles. The minimum Gasteiger partial charge on any atom is -0.304 e. The molecular formula is C18H22N2. The Kier molecular flexibility index (Phi) is 1.23. The molecule has 104 valence electrons. The van der Waals surface area contributed by atoms with Crippen molar-refractivity contribution in [2.24, 2.45) is 0 Å². The number of benzene rings is 2. The molecule has 1 fully saturated rings. The van der Waals surface area contributed by atoms with E-state index >= 15 is 0 Å². The summed E-state index contributed by atoms with van der Waals surface area (Å²) in [4.78, 5) is 0.953. The highest BCUT2D eigenvalue weighted by Crippen LogP contribution is 2.29. The highest BCUT2D eigenvalue weighted by Gasteiger charge is 2.24. The van der Waals surface area contributed by atoms with Gasteiger partial charge in [0.15, 0.2) is 0 Å². The highest BCUT2D eigenvalue weighted by molar-refractivity contribution is 5.31. The topological polar surface area (TPSA) is 6.48 Å². The third-order valence-corrected chi connectivity index (χ3v) is 2.71. The van der Waals surface area contributed by atoms with Crippen molar-refractivity contribution in [2.75, 3.05) is 33.1 Å². The molecule has 0 spiro atoms. The summed E-state index contributed by atoms with van der Waals surface area (Å²) in [5.41, 5.74) is -1.45. The number of nitrogens with zero attached hydrogens (tertiary/aromatic N) is 2. The molecule has 1 aliphatic heterocycles. The fraction of sp³-hybridized carbons (Fsp3) is 0.333. The Labute approximate surface area is 145 Å². The van der Waals surface area contributed by atoms with Crippen molar-refractivity contribution in [3.63, 3.8) is 0 Å². The van der Waals surface area contributed by atoms with E-state index in [-0.39, 0.29) is 0 Å². The molecule has 1 aliphatic rings. The normalized spacial score (nSPS) is 35.4. The Bertz CT molecular complexity index is 1110. The van der Waals surface area contributed by atoms with Gasteiger partial charge >= 0.3 is 0 Å². The Balaban J connectivity index is 2.51. The van der Waals surface area contributed by atoms with E-state index in [1.54, 1.807) is 0 Å². The molecule has 0 aliphatic carbocycles. The van der Waals surface area contributed by atoms with E-state index in [1.165, 1.54) is 0 Å². The van der Waals surface area contributed by atoms with Crippen LogP contribution >= 0.6 is 0 Å². The monoisotopic (exact) mass is 283 g/mol. The summed E-state index contributed by atoms with van der Waals surface area (Å²) >= 11 is 0. The van der Waals surface area contributed by atoms with Crippen LogP contribution in [0.1, 0.15) is 40.5 Å². The molecule has 2 aromatic carbocycles. The lowest BCUT2D eigenvalue weighted by Crippen LogP contribution is -2.46. The Hall–Kier alpha value is -1.64. The van der Waals surface area contributed by atoms with Crippen LogP contribution in [0.25, 0.3) is 0 Å². The van der Waals surface area contributed by atoms with E-state index < -0.39 is 111 Å². The second-order valence-electron chi connectivity index (χ2n) is 4.02. The van der Waals surface area contributed by atoms with Gasteiger partial charge in [-0.1, -0.05) is 60.4 Å². The lowest BCUT2D eigenvalue weighted by atomic mass is 9.96. The van der Waals surface area contributed by atoms with E-state index in [0.29, 0.717) is 9.80 Å². The predicted octanol–water partition coefficient (Wildman–Crippen LogP) is 3.02. The van der Waals surface area contributed by atoms with Crippen LogP contribution < -0.4 is 0 Å². The summed E-state index contributed by atoms with van der Waals surface area (Å²) in [6.07, 6.45) is 0. The summed E-state index contributed by atoms with van der Waals surface area (Å²) in [6.45, 7) is -10.6. The van der Waals surface area contributed by atoms with Crippen molar-refractivity contribution in [3.8, 4) is 0 Å². The molecular weight excluding hydrogens is 244 g/mol. The van der Waals surface area contributed by atoms with Crippen LogP contribution in [0.4, 0.5) is 0 Å². The summed E-state index contributed by atoms with van der Waals surface area (Å²) in [6, 6.07) is -10.8. The lowest BCUT2D eigenvalue weighted by molar-refractivity contribution is 0.127. The molecule has 2 nitrogen and oxygen atoms in total. The van der Waals surface area contributed by atoms with Crippen molar-refractivity contribution >= 4 is 0 Å². The number of likely N-dealkylation sites (N-methyl/N-ethyl adjacent to an activating group) is 1. The quantitative estimate of drug-likeness (QED) is 0.854. The van der Waals surface area contributed by atoms with Crippen LogP contribution in [-0.2, 0) is 0 Å². The molecule has 0 radical (unpaired) electrons. The second kappa shape index (κ2) is 6.21. The van der Waals surface area contributed by atoms with Gasteiger partial charge in [0.25, 0.3) is 0 Å². The molecule has 0 bridgehead atoms. The van der Waals surface area contributed by atoms with Crippen LogP contribution in [0.2, 0.25) is 0 Å². The standard InChI is InChI=1S/C18H22N2/c1-19-12-14-20(15-13-19)18(16-8-4-2-5-9-16)17-10-6-3-7-11-17/h2-11,18H,12-15H2,1H3/i1D3,2D,3D,4D,5D,6D,7D,8D,9D,10D,11D,14D2,15D2. The van der Waals surface area contributed by atoms with Crippen LogP contribution in [0, 0.1) is 0 Å². The summed E-state index contributed by atoms with van der Waals surface area (Å²) < 4.78 is 139. The van der Waals surface area contributed by atoms with Crippen LogP contribution in [0.15, 0.2) is 60.4 Å². The van der Waals surface area contributed by atoms with Gasteiger partial charge in [-0.3, -0.25) is 4.90 Å². The van der Waals surface area contributed by atoms with Crippen LogP contribution in [0.3, 0.4) is 0 Å². The molecule has 0 atom stereocenters. The third kappa shape index (κ3) is 2.92. The zero-order valence-corrected chi connectivity index (χ0v) is 10.4. The van der Waals surface area contributed by atoms with E-state index in [1.807, 2.05) is 0 Å². The van der Waals surface area contributed by atoms with Gasteiger partial charge in [0, 0.05) is 35.7 Å². The van der Waals surface area contributed by atoms with Gasteiger partial charge in [0.1, 0.15) is 0 Å². The fourth-order valence-electron chi connectivity index (χ4n) is 1.81. The van der Waals surface area contributed by atoms with Gasteiger partial charge in [0.05, 0.1) is 19.7 Å². The lowest BCUT2D eigenvalue weighted by Gasteiger charge is -2.38. The van der Waals surface area contributed by atoms with Crippen molar-refractivity contribution in [2.45, 2.75) is 6.04 Å². The van der Waals surface area contributed by atoms with E-state index in [0.717, 1.165) is 0 Å². The van der Waals surface area contributed by atoms with Gasteiger partial charge < -0.3 is 4.90 Å². The minimum absolute atomic E-state index is 0.393. The third-order valence-electron chi connectivity index (χ3n) is 2.71. The molecule has 0 aromatic heterocycles. The molecule has 20 heavy (non-hydrogen) atoms. The maximum absolute atomic E-state index is 8.61. The second-order valence-corrected chi connectivity index (χ2v) is 4.02. The summed E-state index contributed by atoms with van der Waals surface area (Å²) in [5, 5.41) is 0. The molecule has 3 rings (SSSR count). The van der Waals surface area contributed by atoms with Gasteiger partial charge in [-0.05, 0) is 18.1 Å². The fourth-order valence-corrected chi connectivity index (χ4v) is 1.81. The maximum atomic E-state index is 8.61. The molecule has 2 aromatic rings. The molecule has 0 amide bonds. The minimum atomic E-state index is -2.92. The first-order valence-electron chi connectivity index (χ1n) is 14.3. The van der Waals surface area contributed by atoms with Gasteiger partial charge in [-0.2, -0.15) is 0 Å². The maximum Gasteiger partial charge on any atom is 0.0626 e. The van der Waals surface area contributed by atoms with E-state index in [9.17, 15) is 0 Å². The van der Waals surface area contributed by atoms with Crippen LogP contribution in [0.5, 0.6) is 0 Å². The predicted molar refractivity (Wildman–Crippen MR) is 83.8 cm³/mol. The SMILES string of the molecule is [2H]c1c([2H])c([2H])c(C(c2c([2H])c([2H])c([2H])c([2H])c2[2H])N2C([2H])([2H])CN(C([2H])([2H])[2H])CC2([2H])[2H])c([2H])c1[2H]. The molecule has 0 N–H and O–H groups in total. The number of hydrogen-bond acceptors (Lipinski definition) is 2. The zero-order chi connectivity index (χ0) is 28.6. The molecule has 1 saturated heterocycles. The van der Waals surface area contributed by atoms with Crippen molar-refractivity contribution in [3.05, 3.63) is 71.6 Å². The zero-order valence-electron chi connectivity index (χ0n) is 27.4. The van der Waals surface area contributed by atoms with Crippen molar-refractivity contribution < 1.29 is 23.3 Å². The first kappa shape index (κ1) is 3.96. The summed E-state index contributed by atoms with van der Waals surface area (Å²) in [5.74, 6) is 0. The van der Waals surface area contributed by atoms with Crippen LogP contribution in [-0.4, -0.2) is 42.9 Å². The summed E-state index contributed by atoms with van der Waals surface area (Å²) in [7, 11) is 0. The van der Waals surface area contributed by atoms with E-state index in [2.05, 4.69) is 0 Å². The highest BCUT2D eigenvalue weighted by atomic mass is 15.3. The first-order valence-corrected chi connectivity index (χ1v) is 5.85. The van der Waals surface area contributed by atoms with Crippen molar-refractivity contribution in [1.82, 2.24) is 9.80 Å². The van der Waals surface area contributed by atoms with Crippen molar-refractivity contribution in [1.29, 1.82) is 0 Å². The molecule has 1 heterocycles. The Morgan fingerprint density at radius 1 is 0.950 bits per heavy atom. The number of hydrogen-bond donors (Lipinski definition) is 0. The number of piperazine rings is 1. The average molecular weight is 283 g/mol. The smallest absolute Gasteiger partial charge is 0.0626 e.